The molecule has 1 rings (SSSR count). The van der Waals surface area contributed by atoms with Gasteiger partial charge >= 0.3 is 0 Å². The summed E-state index contributed by atoms with van der Waals surface area (Å²) in [6.45, 7) is 13.2. The maximum absolute atomic E-state index is 9.54. The van der Waals surface area contributed by atoms with Gasteiger partial charge in [0.25, 0.3) is 0 Å². The van der Waals surface area contributed by atoms with Crippen molar-refractivity contribution in [3.05, 3.63) is 28.8 Å². The minimum atomic E-state index is 0.445. The first-order valence-corrected chi connectivity index (χ1v) is 7.59. The van der Waals surface area contributed by atoms with Crippen molar-refractivity contribution < 1.29 is 9.66 Å². The van der Waals surface area contributed by atoms with E-state index in [1.54, 1.807) is 0 Å². The molecule has 0 saturated carbocycles. The molecule has 0 bridgehead atoms. The molecule has 110 valence electrons. The molecule has 0 aliphatic carbocycles. The molecule has 0 saturated heterocycles. The van der Waals surface area contributed by atoms with Crippen LogP contribution in [0, 0.1) is 0 Å². The fourth-order valence-corrected chi connectivity index (χ4v) is 2.80. The molecule has 2 N–H and O–H groups in total. The molecular weight excluding hydrogens is 256 g/mol. The van der Waals surface area contributed by atoms with E-state index in [2.05, 4.69) is 53.7 Å². The average molecular weight is 284 g/mol. The Hall–Kier alpha value is -0.510. The van der Waals surface area contributed by atoms with Crippen LogP contribution in [0.25, 0.3) is 0 Å². The summed E-state index contributed by atoms with van der Waals surface area (Å²) in [6, 6.07) is 4.50. The van der Waals surface area contributed by atoms with E-state index in [1.807, 2.05) is 0 Å². The van der Waals surface area contributed by atoms with Gasteiger partial charge in [0.15, 0.2) is 0 Å². The Morgan fingerprint density at radius 1 is 0.789 bits per heavy atom. The topological polar surface area (TPSA) is 40.5 Å². The van der Waals surface area contributed by atoms with E-state index in [0.29, 0.717) is 17.8 Å². The van der Waals surface area contributed by atoms with E-state index in [-0.39, 0.29) is 0 Å². The van der Waals surface area contributed by atoms with Gasteiger partial charge in [-0.3, -0.25) is 0 Å². The number of hydrogen-bond acceptors (Lipinski definition) is 3. The van der Waals surface area contributed by atoms with Gasteiger partial charge in [-0.25, -0.2) is 0 Å². The molecular formula is C16H28O2S. The largest absolute Gasteiger partial charge is 0.400 e. The Morgan fingerprint density at radius 3 is 1.37 bits per heavy atom. The van der Waals surface area contributed by atoms with Crippen molar-refractivity contribution in [3.8, 4) is 0 Å². The Labute approximate surface area is 122 Å². The lowest BCUT2D eigenvalue weighted by molar-refractivity contribution is 0.399. The fourth-order valence-electron chi connectivity index (χ4n) is 1.99. The highest BCUT2D eigenvalue weighted by atomic mass is 32.2. The third-order valence-electron chi connectivity index (χ3n) is 3.17. The Morgan fingerprint density at radius 2 is 1.16 bits per heavy atom. The molecule has 0 unspecified atom stereocenters. The standard InChI is InChI=1S/C15H24OS.CH4O/c1-9(2)12-7-13(10(3)4)15(17-16)14(8-12)11(5)6;1-2/h7-11,16H,1-6H3;2H,1H3. The van der Waals surface area contributed by atoms with Crippen LogP contribution >= 0.6 is 12.0 Å². The lowest BCUT2D eigenvalue weighted by Gasteiger charge is -2.20. The zero-order chi connectivity index (χ0) is 15.2. The first-order chi connectivity index (χ1) is 8.88. The van der Waals surface area contributed by atoms with Crippen molar-refractivity contribution in [2.24, 2.45) is 0 Å². The number of aliphatic hydroxyl groups is 1. The maximum atomic E-state index is 9.54. The van der Waals surface area contributed by atoms with Crippen molar-refractivity contribution >= 4 is 12.0 Å². The van der Waals surface area contributed by atoms with Crippen molar-refractivity contribution in [3.63, 3.8) is 0 Å². The van der Waals surface area contributed by atoms with Gasteiger partial charge < -0.3 is 9.66 Å². The Bertz CT molecular complexity index is 355. The van der Waals surface area contributed by atoms with Crippen molar-refractivity contribution in [2.75, 3.05) is 7.11 Å². The second-order valence-electron chi connectivity index (χ2n) is 5.58. The van der Waals surface area contributed by atoms with E-state index in [1.165, 1.54) is 16.7 Å². The molecule has 1 aromatic rings. The van der Waals surface area contributed by atoms with Gasteiger partial charge in [-0.15, -0.1) is 0 Å². The van der Waals surface area contributed by atoms with Crippen LogP contribution in [0.1, 0.15) is 76.0 Å². The van der Waals surface area contributed by atoms with Gasteiger partial charge in [-0.2, -0.15) is 0 Å². The predicted molar refractivity (Wildman–Crippen MR) is 85.3 cm³/mol. The molecule has 0 spiro atoms. The highest BCUT2D eigenvalue weighted by Gasteiger charge is 2.17. The molecule has 3 heteroatoms. The zero-order valence-corrected chi connectivity index (χ0v) is 14.0. The van der Waals surface area contributed by atoms with E-state index in [4.69, 9.17) is 5.11 Å². The maximum Gasteiger partial charge on any atom is 0.0420 e. The Balaban J connectivity index is 0.00000154. The summed E-state index contributed by atoms with van der Waals surface area (Å²) in [5.41, 5.74) is 3.91. The van der Waals surface area contributed by atoms with Crippen LogP contribution < -0.4 is 0 Å². The monoisotopic (exact) mass is 284 g/mol. The van der Waals surface area contributed by atoms with Gasteiger partial charge in [0.1, 0.15) is 0 Å². The molecule has 1 aromatic carbocycles. The highest BCUT2D eigenvalue weighted by Crippen LogP contribution is 2.36. The van der Waals surface area contributed by atoms with Crippen LogP contribution in [0.3, 0.4) is 0 Å². The van der Waals surface area contributed by atoms with Crippen LogP contribution in [0.4, 0.5) is 0 Å². The minimum absolute atomic E-state index is 0.445. The van der Waals surface area contributed by atoms with Crippen molar-refractivity contribution in [1.82, 2.24) is 0 Å². The van der Waals surface area contributed by atoms with Crippen LogP contribution in [0.15, 0.2) is 17.0 Å². The van der Waals surface area contributed by atoms with E-state index >= 15 is 0 Å². The highest BCUT2D eigenvalue weighted by molar-refractivity contribution is 7.93. The van der Waals surface area contributed by atoms with Gasteiger partial charge in [0, 0.05) is 24.0 Å². The molecule has 0 heterocycles. The summed E-state index contributed by atoms with van der Waals surface area (Å²) >= 11 is 0.899. The van der Waals surface area contributed by atoms with Gasteiger partial charge in [-0.1, -0.05) is 53.7 Å². The number of benzene rings is 1. The second-order valence-corrected chi connectivity index (χ2v) is 6.17. The summed E-state index contributed by atoms with van der Waals surface area (Å²) in [7, 11) is 1.00. The van der Waals surface area contributed by atoms with Crippen LogP contribution in [0.2, 0.25) is 0 Å². The summed E-state index contributed by atoms with van der Waals surface area (Å²) in [5.74, 6) is 1.42. The molecule has 0 aliphatic heterocycles. The number of rotatable bonds is 4. The lowest BCUT2D eigenvalue weighted by Crippen LogP contribution is -2.02. The van der Waals surface area contributed by atoms with E-state index in [0.717, 1.165) is 24.0 Å². The predicted octanol–water partition coefficient (Wildman–Crippen LogP) is 5.23. The van der Waals surface area contributed by atoms with Crippen molar-refractivity contribution in [2.45, 2.75) is 64.2 Å². The summed E-state index contributed by atoms with van der Waals surface area (Å²) in [4.78, 5) is 1.06. The summed E-state index contributed by atoms with van der Waals surface area (Å²) in [5, 5.41) is 7.00. The molecule has 0 atom stereocenters. The van der Waals surface area contributed by atoms with Gasteiger partial charge in [-0.05, 0) is 34.4 Å². The quantitative estimate of drug-likeness (QED) is 0.744. The molecule has 0 fully saturated rings. The van der Waals surface area contributed by atoms with E-state index < -0.39 is 0 Å². The fraction of sp³-hybridized carbons (Fsp3) is 0.625. The molecule has 2 nitrogen and oxygen atoms in total. The average Bonchev–Trinajstić information content (AvgIpc) is 2.38. The van der Waals surface area contributed by atoms with Gasteiger partial charge in [0.05, 0.1) is 0 Å². The number of hydrogen-bond donors (Lipinski definition) is 2. The van der Waals surface area contributed by atoms with Crippen LogP contribution in [-0.4, -0.2) is 16.8 Å². The number of aliphatic hydroxyl groups excluding tert-OH is 1. The third-order valence-corrected chi connectivity index (χ3v) is 3.82. The zero-order valence-electron chi connectivity index (χ0n) is 13.2. The second kappa shape index (κ2) is 8.62. The third kappa shape index (κ3) is 4.83. The summed E-state index contributed by atoms with van der Waals surface area (Å²) in [6.07, 6.45) is 0. The molecule has 19 heavy (non-hydrogen) atoms. The van der Waals surface area contributed by atoms with Crippen LogP contribution in [0.5, 0.6) is 0 Å². The first-order valence-electron chi connectivity index (χ1n) is 6.82. The van der Waals surface area contributed by atoms with Crippen LogP contribution in [-0.2, 0) is 0 Å². The molecule has 0 amide bonds. The minimum Gasteiger partial charge on any atom is -0.400 e. The van der Waals surface area contributed by atoms with E-state index in [9.17, 15) is 4.55 Å². The van der Waals surface area contributed by atoms with Crippen molar-refractivity contribution in [1.29, 1.82) is 0 Å². The molecule has 0 aliphatic rings. The normalized spacial score (nSPS) is 10.9. The Kier molecular flexibility index (Phi) is 8.39. The molecule has 0 aromatic heterocycles. The smallest absolute Gasteiger partial charge is 0.0420 e. The first kappa shape index (κ1) is 18.5. The lowest BCUT2D eigenvalue weighted by atomic mass is 9.89. The summed E-state index contributed by atoms with van der Waals surface area (Å²) < 4.78 is 9.54. The van der Waals surface area contributed by atoms with Gasteiger partial charge in [0.2, 0.25) is 0 Å². The SMILES string of the molecule is CC(C)c1cc(C(C)C)c(SO)c(C(C)C)c1.CO. The molecule has 0 radical (unpaired) electrons.